The standard InChI is InChI=1S/C22H27N5O5/c1-25-10-12-26(13-11-25)20(16-6-8-19(32-2)9-7-16)15-23-21(28)22(29)24-17-4-3-5-18(14-17)27(30)31/h3-9,14,20H,10-13,15H2,1-2H3,(H,23,28)(H,24,29). The van der Waals surface area contributed by atoms with Crippen LogP contribution in [-0.2, 0) is 9.59 Å². The molecule has 0 aliphatic carbocycles. The Hall–Kier alpha value is -3.50. The first-order chi connectivity index (χ1) is 15.4. The van der Waals surface area contributed by atoms with E-state index in [0.717, 1.165) is 37.5 Å². The lowest BCUT2D eigenvalue weighted by atomic mass is 10.0. The summed E-state index contributed by atoms with van der Waals surface area (Å²) in [7, 11) is 3.67. The minimum atomic E-state index is -0.877. The first kappa shape index (κ1) is 23.2. The smallest absolute Gasteiger partial charge is 0.313 e. The van der Waals surface area contributed by atoms with Crippen LogP contribution in [0.15, 0.2) is 48.5 Å². The number of hydrogen-bond donors (Lipinski definition) is 2. The van der Waals surface area contributed by atoms with Crippen molar-refractivity contribution in [3.05, 3.63) is 64.2 Å². The van der Waals surface area contributed by atoms with Gasteiger partial charge in [-0.15, -0.1) is 0 Å². The Balaban J connectivity index is 1.66. The van der Waals surface area contributed by atoms with Crippen LogP contribution < -0.4 is 15.4 Å². The van der Waals surface area contributed by atoms with Crippen molar-refractivity contribution in [3.63, 3.8) is 0 Å². The number of amides is 2. The Morgan fingerprint density at radius 2 is 1.78 bits per heavy atom. The highest BCUT2D eigenvalue weighted by Crippen LogP contribution is 2.24. The van der Waals surface area contributed by atoms with Crippen LogP contribution in [0.2, 0.25) is 0 Å². The van der Waals surface area contributed by atoms with E-state index in [9.17, 15) is 19.7 Å². The Labute approximate surface area is 186 Å². The molecule has 1 unspecified atom stereocenters. The molecular formula is C22H27N5O5. The van der Waals surface area contributed by atoms with E-state index >= 15 is 0 Å². The van der Waals surface area contributed by atoms with Gasteiger partial charge in [0.1, 0.15) is 5.75 Å². The molecule has 1 aliphatic rings. The van der Waals surface area contributed by atoms with Gasteiger partial charge in [-0.25, -0.2) is 0 Å². The van der Waals surface area contributed by atoms with Crippen LogP contribution in [-0.4, -0.2) is 73.4 Å². The Kier molecular flexibility index (Phi) is 7.74. The van der Waals surface area contributed by atoms with E-state index in [2.05, 4.69) is 27.5 Å². The third kappa shape index (κ3) is 6.02. The van der Waals surface area contributed by atoms with Gasteiger partial charge in [-0.2, -0.15) is 0 Å². The van der Waals surface area contributed by atoms with Crippen LogP contribution in [0, 0.1) is 10.1 Å². The van der Waals surface area contributed by atoms with Crippen LogP contribution in [0.3, 0.4) is 0 Å². The maximum absolute atomic E-state index is 12.4. The van der Waals surface area contributed by atoms with Crippen molar-refractivity contribution in [1.82, 2.24) is 15.1 Å². The van der Waals surface area contributed by atoms with Crippen molar-refractivity contribution >= 4 is 23.2 Å². The van der Waals surface area contributed by atoms with Gasteiger partial charge in [0.2, 0.25) is 0 Å². The Bertz CT molecular complexity index is 957. The number of piperazine rings is 1. The highest BCUT2D eigenvalue weighted by atomic mass is 16.6. The topological polar surface area (TPSA) is 117 Å². The van der Waals surface area contributed by atoms with Gasteiger partial charge >= 0.3 is 11.8 Å². The van der Waals surface area contributed by atoms with Crippen molar-refractivity contribution in [3.8, 4) is 5.75 Å². The van der Waals surface area contributed by atoms with E-state index in [1.54, 1.807) is 7.11 Å². The lowest BCUT2D eigenvalue weighted by molar-refractivity contribution is -0.384. The molecular weight excluding hydrogens is 414 g/mol. The summed E-state index contributed by atoms with van der Waals surface area (Å²) in [6, 6.07) is 13.0. The van der Waals surface area contributed by atoms with Crippen molar-refractivity contribution in [1.29, 1.82) is 0 Å². The van der Waals surface area contributed by atoms with Gasteiger partial charge < -0.3 is 20.3 Å². The molecule has 1 heterocycles. The van der Waals surface area contributed by atoms with Crippen molar-refractivity contribution in [2.75, 3.05) is 52.2 Å². The lowest BCUT2D eigenvalue weighted by Gasteiger charge is -2.38. The van der Waals surface area contributed by atoms with E-state index in [-0.39, 0.29) is 24.0 Å². The zero-order valence-electron chi connectivity index (χ0n) is 18.1. The zero-order chi connectivity index (χ0) is 23.1. The SMILES string of the molecule is COc1ccc(C(CNC(=O)C(=O)Nc2cccc([N+](=O)[O-])c2)N2CCN(C)CC2)cc1. The van der Waals surface area contributed by atoms with Gasteiger partial charge in [0.05, 0.1) is 18.1 Å². The number of hydrogen-bond acceptors (Lipinski definition) is 7. The van der Waals surface area contributed by atoms with Crippen LogP contribution >= 0.6 is 0 Å². The predicted molar refractivity (Wildman–Crippen MR) is 120 cm³/mol. The molecule has 0 aromatic heterocycles. The highest BCUT2D eigenvalue weighted by molar-refractivity contribution is 6.39. The van der Waals surface area contributed by atoms with Crippen molar-refractivity contribution in [2.45, 2.75) is 6.04 Å². The molecule has 2 aromatic rings. The van der Waals surface area contributed by atoms with Gasteiger partial charge in [-0.05, 0) is 30.8 Å². The first-order valence-corrected chi connectivity index (χ1v) is 10.3. The van der Waals surface area contributed by atoms with Gasteiger partial charge in [-0.1, -0.05) is 18.2 Å². The van der Waals surface area contributed by atoms with Crippen molar-refractivity contribution in [2.24, 2.45) is 0 Å². The fourth-order valence-corrected chi connectivity index (χ4v) is 3.57. The number of likely N-dealkylation sites (N-methyl/N-ethyl adjacent to an activating group) is 1. The molecule has 0 spiro atoms. The van der Waals surface area contributed by atoms with Crippen LogP contribution in [0.25, 0.3) is 0 Å². The van der Waals surface area contributed by atoms with E-state index in [1.165, 1.54) is 24.3 Å². The molecule has 1 saturated heterocycles. The summed E-state index contributed by atoms with van der Waals surface area (Å²) in [6.07, 6.45) is 0. The minimum Gasteiger partial charge on any atom is -0.497 e. The van der Waals surface area contributed by atoms with E-state index in [4.69, 9.17) is 4.74 Å². The number of nitro groups is 1. The summed E-state index contributed by atoms with van der Waals surface area (Å²) in [4.78, 5) is 39.6. The summed E-state index contributed by atoms with van der Waals surface area (Å²) in [6.45, 7) is 3.74. The average molecular weight is 441 g/mol. The van der Waals surface area contributed by atoms with Crippen LogP contribution in [0.4, 0.5) is 11.4 Å². The molecule has 0 saturated carbocycles. The van der Waals surface area contributed by atoms with Gasteiger partial charge in [0.25, 0.3) is 5.69 Å². The molecule has 32 heavy (non-hydrogen) atoms. The maximum Gasteiger partial charge on any atom is 0.313 e. The monoisotopic (exact) mass is 441 g/mol. The first-order valence-electron chi connectivity index (χ1n) is 10.3. The van der Waals surface area contributed by atoms with Crippen LogP contribution in [0.1, 0.15) is 11.6 Å². The fraction of sp³-hybridized carbons (Fsp3) is 0.364. The molecule has 3 rings (SSSR count). The predicted octanol–water partition coefficient (Wildman–Crippen LogP) is 1.65. The molecule has 1 aliphatic heterocycles. The molecule has 1 atom stereocenters. The molecule has 0 bridgehead atoms. The number of methoxy groups -OCH3 is 1. The number of nitrogens with one attached hydrogen (secondary N) is 2. The second-order valence-electron chi connectivity index (χ2n) is 7.60. The molecule has 2 aromatic carbocycles. The summed E-state index contributed by atoms with van der Waals surface area (Å²) in [5, 5.41) is 16.0. The molecule has 10 nitrogen and oxygen atoms in total. The number of non-ortho nitro benzene ring substituents is 1. The van der Waals surface area contributed by atoms with Gasteiger partial charge in [-0.3, -0.25) is 24.6 Å². The molecule has 1 fully saturated rings. The summed E-state index contributed by atoms with van der Waals surface area (Å²) in [5.41, 5.74) is 1.03. The normalized spacial score (nSPS) is 15.6. The molecule has 0 radical (unpaired) electrons. The summed E-state index contributed by atoms with van der Waals surface area (Å²) < 4.78 is 5.23. The van der Waals surface area contributed by atoms with Crippen LogP contribution in [0.5, 0.6) is 5.75 Å². The summed E-state index contributed by atoms with van der Waals surface area (Å²) >= 11 is 0. The number of nitro benzene ring substituents is 1. The fourth-order valence-electron chi connectivity index (χ4n) is 3.57. The second-order valence-corrected chi connectivity index (χ2v) is 7.60. The highest BCUT2D eigenvalue weighted by Gasteiger charge is 2.25. The third-order valence-corrected chi connectivity index (χ3v) is 5.46. The molecule has 170 valence electrons. The Morgan fingerprint density at radius 1 is 1.09 bits per heavy atom. The molecule has 10 heteroatoms. The van der Waals surface area contributed by atoms with E-state index in [1.807, 2.05) is 24.3 Å². The number of carbonyl (C=O) groups is 2. The van der Waals surface area contributed by atoms with Gasteiger partial charge in [0, 0.05) is 50.5 Å². The number of carbonyl (C=O) groups excluding carboxylic acids is 2. The minimum absolute atomic E-state index is 0.107. The van der Waals surface area contributed by atoms with Crippen molar-refractivity contribution < 1.29 is 19.2 Å². The van der Waals surface area contributed by atoms with E-state index in [0.29, 0.717) is 0 Å². The number of nitrogens with zero attached hydrogens (tertiary/aromatic N) is 3. The summed E-state index contributed by atoms with van der Waals surface area (Å²) in [5.74, 6) is -0.937. The number of benzene rings is 2. The number of rotatable bonds is 7. The lowest BCUT2D eigenvalue weighted by Crippen LogP contribution is -2.49. The van der Waals surface area contributed by atoms with E-state index < -0.39 is 16.7 Å². The average Bonchev–Trinajstić information content (AvgIpc) is 2.80. The second kappa shape index (κ2) is 10.7. The van der Waals surface area contributed by atoms with Gasteiger partial charge in [0.15, 0.2) is 0 Å². The molecule has 2 N–H and O–H groups in total. The third-order valence-electron chi connectivity index (χ3n) is 5.46. The zero-order valence-corrected chi connectivity index (χ0v) is 18.1. The Morgan fingerprint density at radius 3 is 2.41 bits per heavy atom. The molecule has 2 amide bonds. The quantitative estimate of drug-likeness (QED) is 0.381. The number of anilines is 1. The maximum atomic E-state index is 12.4. The largest absolute Gasteiger partial charge is 0.497 e. The number of ether oxygens (including phenoxy) is 1.